The molecule has 0 saturated heterocycles. The molecule has 0 aromatic carbocycles. The monoisotopic (exact) mass is 319 g/mol. The molecule has 5 atom stereocenters. The van der Waals surface area contributed by atoms with E-state index in [9.17, 15) is 4.79 Å². The fourth-order valence-corrected chi connectivity index (χ4v) is 7.99. The highest BCUT2D eigenvalue weighted by Gasteiger charge is 2.61. The third-order valence-electron chi connectivity index (χ3n) is 6.26. The van der Waals surface area contributed by atoms with Crippen LogP contribution < -0.4 is 0 Å². The number of hydrogen-bond donors (Lipinski definition) is 0. The largest absolute Gasteiger partial charge is 0.461 e. The van der Waals surface area contributed by atoms with Gasteiger partial charge in [-0.25, -0.2) is 9.78 Å². The van der Waals surface area contributed by atoms with Gasteiger partial charge in [-0.05, 0) is 62.2 Å². The van der Waals surface area contributed by atoms with E-state index in [-0.39, 0.29) is 11.4 Å². The fraction of sp³-hybridized carbons (Fsp3) is 0.778. The van der Waals surface area contributed by atoms with Gasteiger partial charge in [-0.3, -0.25) is 0 Å². The first-order valence-electron chi connectivity index (χ1n) is 8.58. The molecular weight excluding hydrogens is 293 g/mol. The lowest BCUT2D eigenvalue weighted by Crippen LogP contribution is -2.56. The van der Waals surface area contributed by atoms with E-state index in [0.29, 0.717) is 31.3 Å². The van der Waals surface area contributed by atoms with Gasteiger partial charge in [0.15, 0.2) is 5.69 Å². The molecule has 0 amide bonds. The van der Waals surface area contributed by atoms with Crippen LogP contribution in [0, 0.1) is 16.7 Å². The molecule has 1 aromatic heterocycles. The molecule has 120 valence electrons. The first-order chi connectivity index (χ1) is 10.4. The van der Waals surface area contributed by atoms with E-state index in [1.807, 2.05) is 12.9 Å². The zero-order valence-corrected chi connectivity index (χ0v) is 14.9. The normalized spacial score (nSPS) is 43.0. The van der Waals surface area contributed by atoms with Crippen LogP contribution >= 0.6 is 8.19 Å². The number of carbonyl (C=O) groups is 1. The molecule has 22 heavy (non-hydrogen) atoms. The second kappa shape index (κ2) is 4.60. The van der Waals surface area contributed by atoms with Crippen molar-refractivity contribution in [3.63, 3.8) is 0 Å². The Morgan fingerprint density at radius 2 is 1.95 bits per heavy atom. The van der Waals surface area contributed by atoms with Crippen LogP contribution in [0.4, 0.5) is 0 Å². The van der Waals surface area contributed by atoms with E-state index in [2.05, 4.69) is 18.8 Å². The molecular formula is C18H26NO2P. The molecule has 3 nitrogen and oxygen atoms in total. The van der Waals surface area contributed by atoms with Crippen molar-refractivity contribution in [3.8, 4) is 0 Å². The first kappa shape index (κ1) is 14.8. The van der Waals surface area contributed by atoms with Gasteiger partial charge in [0, 0.05) is 16.6 Å². The van der Waals surface area contributed by atoms with E-state index in [1.54, 1.807) is 0 Å². The van der Waals surface area contributed by atoms with Crippen molar-refractivity contribution in [3.05, 3.63) is 16.9 Å². The van der Waals surface area contributed by atoms with Crippen molar-refractivity contribution in [2.45, 2.75) is 64.7 Å². The summed E-state index contributed by atoms with van der Waals surface area (Å²) in [5.41, 5.74) is 1.80. The van der Waals surface area contributed by atoms with E-state index < -0.39 is 0 Å². The van der Waals surface area contributed by atoms with Crippen molar-refractivity contribution in [2.75, 3.05) is 6.61 Å². The van der Waals surface area contributed by atoms with E-state index in [4.69, 9.17) is 4.74 Å². The Kier molecular flexibility index (Phi) is 3.08. The van der Waals surface area contributed by atoms with Crippen molar-refractivity contribution >= 4 is 14.2 Å². The number of hydrogen-bond acceptors (Lipinski definition) is 3. The molecule has 4 aliphatic rings. The topological polar surface area (TPSA) is 39.2 Å². The van der Waals surface area contributed by atoms with Crippen LogP contribution in [0.5, 0.6) is 0 Å². The Morgan fingerprint density at radius 3 is 2.55 bits per heavy atom. The summed E-state index contributed by atoms with van der Waals surface area (Å²) < 4.78 is 5.26. The van der Waals surface area contributed by atoms with Crippen LogP contribution in [0.1, 0.15) is 75.1 Å². The molecule has 1 aromatic rings. The Hall–Kier alpha value is -0.820. The minimum absolute atomic E-state index is 0.204. The molecule has 0 spiro atoms. The summed E-state index contributed by atoms with van der Waals surface area (Å²) >= 11 is 0. The van der Waals surface area contributed by atoms with Gasteiger partial charge in [0.1, 0.15) is 0 Å². The molecule has 0 radical (unpaired) electrons. The molecule has 4 saturated carbocycles. The van der Waals surface area contributed by atoms with Crippen molar-refractivity contribution < 1.29 is 9.53 Å². The van der Waals surface area contributed by atoms with E-state index in [0.717, 1.165) is 5.92 Å². The zero-order valence-electron chi connectivity index (χ0n) is 13.9. The van der Waals surface area contributed by atoms with Crippen LogP contribution in [0.3, 0.4) is 0 Å². The molecule has 0 N–H and O–H groups in total. The van der Waals surface area contributed by atoms with Gasteiger partial charge in [-0.2, -0.15) is 0 Å². The quantitative estimate of drug-likeness (QED) is 0.768. The Morgan fingerprint density at radius 1 is 1.27 bits per heavy atom. The third kappa shape index (κ3) is 2.08. The smallest absolute Gasteiger partial charge is 0.357 e. The molecule has 3 unspecified atom stereocenters. The predicted octanol–water partition coefficient (Wildman–Crippen LogP) is 4.54. The van der Waals surface area contributed by atoms with Gasteiger partial charge in [-0.1, -0.05) is 13.8 Å². The molecule has 1 heterocycles. The number of esters is 1. The van der Waals surface area contributed by atoms with Crippen molar-refractivity contribution in [2.24, 2.45) is 16.7 Å². The summed E-state index contributed by atoms with van der Waals surface area (Å²) in [7, 11) is 0.580. The first-order valence-corrected chi connectivity index (χ1v) is 9.66. The highest BCUT2D eigenvalue weighted by Crippen LogP contribution is 2.70. The molecule has 0 aliphatic heterocycles. The summed E-state index contributed by atoms with van der Waals surface area (Å²) in [6, 6.07) is 0. The summed E-state index contributed by atoms with van der Waals surface area (Å²) in [5, 5.41) is 1.33. The van der Waals surface area contributed by atoms with E-state index >= 15 is 0 Å². The number of rotatable bonds is 3. The SMILES string of the molecule is CCOC(=O)c1nc[pH]c1C12CC3C[C@@](C)(C1)C[C@](C)(C3)C2. The average molecular weight is 319 g/mol. The van der Waals surface area contributed by atoms with Gasteiger partial charge >= 0.3 is 5.97 Å². The maximum atomic E-state index is 12.3. The minimum atomic E-state index is -0.204. The number of ether oxygens (including phenoxy) is 1. The molecule has 5 rings (SSSR count). The highest BCUT2D eigenvalue weighted by atomic mass is 31.0. The Labute approximate surface area is 134 Å². The van der Waals surface area contributed by atoms with Gasteiger partial charge < -0.3 is 4.74 Å². The molecule has 4 aliphatic carbocycles. The maximum Gasteiger partial charge on any atom is 0.357 e. The predicted molar refractivity (Wildman–Crippen MR) is 88.8 cm³/mol. The maximum absolute atomic E-state index is 12.3. The molecule has 4 fully saturated rings. The summed E-state index contributed by atoms with van der Waals surface area (Å²) in [4.78, 5) is 16.7. The Balaban J connectivity index is 1.77. The summed E-state index contributed by atoms with van der Waals surface area (Å²) in [6.45, 7) is 7.26. The van der Waals surface area contributed by atoms with Gasteiger partial charge in [0.05, 0.1) is 6.61 Å². The molecule has 4 bridgehead atoms. The average Bonchev–Trinajstić information content (AvgIpc) is 2.84. The zero-order chi connectivity index (χ0) is 15.6. The summed E-state index contributed by atoms with van der Waals surface area (Å²) in [6.07, 6.45) is 7.91. The summed E-state index contributed by atoms with van der Waals surface area (Å²) in [5.74, 6) is 2.59. The van der Waals surface area contributed by atoms with Crippen LogP contribution in [0.2, 0.25) is 0 Å². The van der Waals surface area contributed by atoms with Crippen molar-refractivity contribution in [1.82, 2.24) is 4.98 Å². The van der Waals surface area contributed by atoms with Crippen LogP contribution in [0.25, 0.3) is 0 Å². The van der Waals surface area contributed by atoms with Crippen LogP contribution in [-0.2, 0) is 10.2 Å². The molecule has 4 heteroatoms. The number of nitrogens with zero attached hydrogens (tertiary/aromatic N) is 1. The fourth-order valence-electron chi connectivity index (χ4n) is 6.78. The lowest BCUT2D eigenvalue weighted by atomic mass is 9.40. The second-order valence-corrected chi connectivity index (χ2v) is 9.80. The number of carbonyl (C=O) groups excluding carboxylic acids is 1. The van der Waals surface area contributed by atoms with Gasteiger partial charge in [0.25, 0.3) is 0 Å². The number of aromatic nitrogens is 1. The third-order valence-corrected chi connectivity index (χ3v) is 7.58. The van der Waals surface area contributed by atoms with Crippen LogP contribution in [0.15, 0.2) is 5.93 Å². The Bertz CT molecular complexity index is 604. The second-order valence-electron chi connectivity index (χ2n) is 8.76. The van der Waals surface area contributed by atoms with Gasteiger partial charge in [-0.15, -0.1) is 8.19 Å². The van der Waals surface area contributed by atoms with E-state index in [1.165, 1.54) is 43.8 Å². The highest BCUT2D eigenvalue weighted by molar-refractivity contribution is 7.30. The van der Waals surface area contributed by atoms with Gasteiger partial charge in [0.2, 0.25) is 0 Å². The van der Waals surface area contributed by atoms with Crippen molar-refractivity contribution in [1.29, 1.82) is 0 Å². The lowest BCUT2D eigenvalue weighted by Gasteiger charge is -2.65. The van der Waals surface area contributed by atoms with Crippen LogP contribution in [-0.4, -0.2) is 17.6 Å². The minimum Gasteiger partial charge on any atom is -0.461 e. The lowest BCUT2D eigenvalue weighted by molar-refractivity contribution is -0.109. The standard InChI is InChI=1S/C18H26NO2P/c1-4-21-15(20)13-14(22-11-19-13)18-7-12-5-16(2,9-18)8-17(3,6-12)10-18/h11-12,22H,4-10H2,1-3H3/t12?,16-,17+,18?.